The van der Waals surface area contributed by atoms with Crippen molar-refractivity contribution >= 4 is 22.7 Å². The lowest BCUT2D eigenvalue weighted by Crippen LogP contribution is -2.04. The van der Waals surface area contributed by atoms with Gasteiger partial charge in [0.25, 0.3) is 0 Å². The third-order valence-electron chi connectivity index (χ3n) is 2.35. The number of aromatic carboxylic acids is 1. The highest BCUT2D eigenvalue weighted by Gasteiger charge is 2.21. The van der Waals surface area contributed by atoms with Crippen molar-refractivity contribution in [2.45, 2.75) is 6.92 Å². The van der Waals surface area contributed by atoms with E-state index in [4.69, 9.17) is 5.11 Å². The molecule has 0 aliphatic heterocycles. The third-order valence-corrected chi connectivity index (χ3v) is 2.35. The Bertz CT molecular complexity index is 601. The van der Waals surface area contributed by atoms with Crippen molar-refractivity contribution in [1.29, 1.82) is 0 Å². The van der Waals surface area contributed by atoms with E-state index < -0.39 is 17.6 Å². The molecule has 0 radical (unpaired) electrons. The second kappa shape index (κ2) is 3.44. The predicted octanol–water partition coefficient (Wildman–Crippen LogP) is 2.21. The predicted molar refractivity (Wildman–Crippen MR) is 55.2 cm³/mol. The van der Waals surface area contributed by atoms with Gasteiger partial charge in [0.05, 0.1) is 11.1 Å². The molecule has 82 valence electrons. The number of carboxylic acid groups (broad SMARTS) is 1. The van der Waals surface area contributed by atoms with E-state index in [-0.39, 0.29) is 16.8 Å². The standard InChI is InChI=1S/C11H8FNO3/c1-5(14)8-6-3-2-4-7(12)9(6)13-10(8)11(15)16/h2-4,13H,1H3,(H,15,16). The second-order valence-corrected chi connectivity index (χ2v) is 3.40. The van der Waals surface area contributed by atoms with Crippen LogP contribution >= 0.6 is 0 Å². The minimum absolute atomic E-state index is 0.0157. The van der Waals surface area contributed by atoms with Gasteiger partial charge in [-0.15, -0.1) is 0 Å². The van der Waals surface area contributed by atoms with Crippen LogP contribution in [0.1, 0.15) is 27.8 Å². The van der Waals surface area contributed by atoms with Crippen molar-refractivity contribution in [3.05, 3.63) is 35.3 Å². The number of benzene rings is 1. The summed E-state index contributed by atoms with van der Waals surface area (Å²) in [5, 5.41) is 9.20. The summed E-state index contributed by atoms with van der Waals surface area (Å²) in [5.41, 5.74) is -0.209. The molecule has 0 aliphatic rings. The maximum absolute atomic E-state index is 13.4. The van der Waals surface area contributed by atoms with Gasteiger partial charge < -0.3 is 10.1 Å². The SMILES string of the molecule is CC(=O)c1c(C(=O)O)[nH]c2c(F)cccc12. The molecule has 2 aromatic rings. The monoisotopic (exact) mass is 221 g/mol. The van der Waals surface area contributed by atoms with Crippen molar-refractivity contribution in [3.63, 3.8) is 0 Å². The van der Waals surface area contributed by atoms with Crippen LogP contribution in [-0.4, -0.2) is 21.8 Å². The fourth-order valence-electron chi connectivity index (χ4n) is 1.71. The van der Waals surface area contributed by atoms with Crippen LogP contribution in [0.25, 0.3) is 10.9 Å². The Morgan fingerprint density at radius 1 is 1.38 bits per heavy atom. The van der Waals surface area contributed by atoms with Crippen LogP contribution in [0.15, 0.2) is 18.2 Å². The number of aromatic amines is 1. The Labute approximate surface area is 89.7 Å². The first kappa shape index (κ1) is 10.4. The quantitative estimate of drug-likeness (QED) is 0.764. The highest BCUT2D eigenvalue weighted by Crippen LogP contribution is 2.25. The van der Waals surface area contributed by atoms with E-state index >= 15 is 0 Å². The summed E-state index contributed by atoms with van der Waals surface area (Å²) in [4.78, 5) is 24.7. The number of carbonyl (C=O) groups is 2. The number of ketones is 1. The molecule has 0 aliphatic carbocycles. The average Bonchev–Trinajstić information content (AvgIpc) is 2.58. The minimum Gasteiger partial charge on any atom is -0.477 e. The number of rotatable bonds is 2. The first-order valence-corrected chi connectivity index (χ1v) is 4.56. The molecular formula is C11H8FNO3. The number of para-hydroxylation sites is 1. The Hall–Kier alpha value is -2.17. The Morgan fingerprint density at radius 3 is 2.62 bits per heavy atom. The lowest BCUT2D eigenvalue weighted by molar-refractivity contribution is 0.0687. The van der Waals surface area contributed by atoms with Gasteiger partial charge in [-0.1, -0.05) is 12.1 Å². The molecule has 5 heteroatoms. The molecule has 1 aromatic heterocycles. The molecule has 0 fully saturated rings. The van der Waals surface area contributed by atoms with E-state index in [2.05, 4.69) is 4.98 Å². The molecule has 0 saturated heterocycles. The van der Waals surface area contributed by atoms with E-state index in [1.165, 1.54) is 25.1 Å². The maximum atomic E-state index is 13.4. The summed E-state index contributed by atoms with van der Waals surface area (Å²) < 4.78 is 13.4. The molecule has 0 atom stereocenters. The lowest BCUT2D eigenvalue weighted by atomic mass is 10.1. The van der Waals surface area contributed by atoms with Crippen LogP contribution in [0.3, 0.4) is 0 Å². The van der Waals surface area contributed by atoms with Gasteiger partial charge >= 0.3 is 5.97 Å². The van der Waals surface area contributed by atoms with E-state index in [1.807, 2.05) is 0 Å². The van der Waals surface area contributed by atoms with Crippen LogP contribution in [0, 0.1) is 5.82 Å². The zero-order valence-electron chi connectivity index (χ0n) is 8.37. The minimum atomic E-state index is -1.28. The largest absolute Gasteiger partial charge is 0.477 e. The number of nitrogens with one attached hydrogen (secondary N) is 1. The molecule has 1 heterocycles. The van der Waals surface area contributed by atoms with Crippen molar-refractivity contribution < 1.29 is 19.1 Å². The molecule has 0 saturated carbocycles. The summed E-state index contributed by atoms with van der Waals surface area (Å²) in [5.74, 6) is -2.26. The molecular weight excluding hydrogens is 213 g/mol. The van der Waals surface area contributed by atoms with Gasteiger partial charge in [-0.05, 0) is 13.0 Å². The van der Waals surface area contributed by atoms with Gasteiger partial charge in [0.1, 0.15) is 11.5 Å². The Kier molecular flexibility index (Phi) is 2.23. The maximum Gasteiger partial charge on any atom is 0.353 e. The van der Waals surface area contributed by atoms with E-state index in [1.54, 1.807) is 0 Å². The van der Waals surface area contributed by atoms with Crippen molar-refractivity contribution in [2.24, 2.45) is 0 Å². The van der Waals surface area contributed by atoms with Crippen LogP contribution in [-0.2, 0) is 0 Å². The molecule has 0 bridgehead atoms. The smallest absolute Gasteiger partial charge is 0.353 e. The first-order chi connectivity index (χ1) is 7.52. The van der Waals surface area contributed by atoms with E-state index in [0.29, 0.717) is 5.39 Å². The Morgan fingerprint density at radius 2 is 2.06 bits per heavy atom. The molecule has 1 aromatic carbocycles. The number of hydrogen-bond acceptors (Lipinski definition) is 2. The normalized spacial score (nSPS) is 10.6. The number of carbonyl (C=O) groups excluding carboxylic acids is 1. The first-order valence-electron chi connectivity index (χ1n) is 4.56. The average molecular weight is 221 g/mol. The zero-order chi connectivity index (χ0) is 11.9. The van der Waals surface area contributed by atoms with Gasteiger partial charge in [0, 0.05) is 5.39 Å². The number of aromatic nitrogens is 1. The molecule has 4 nitrogen and oxygen atoms in total. The molecule has 2 N–H and O–H groups in total. The van der Waals surface area contributed by atoms with Gasteiger partial charge in [-0.3, -0.25) is 4.79 Å². The summed E-state index contributed by atoms with van der Waals surface area (Å²) >= 11 is 0. The highest BCUT2D eigenvalue weighted by atomic mass is 19.1. The number of fused-ring (bicyclic) bond motifs is 1. The highest BCUT2D eigenvalue weighted by molar-refractivity contribution is 6.14. The third kappa shape index (κ3) is 1.37. The number of carboxylic acids is 1. The van der Waals surface area contributed by atoms with Crippen LogP contribution in [0.4, 0.5) is 4.39 Å². The van der Waals surface area contributed by atoms with Crippen LogP contribution < -0.4 is 0 Å². The zero-order valence-corrected chi connectivity index (χ0v) is 8.37. The van der Waals surface area contributed by atoms with Gasteiger partial charge in [-0.2, -0.15) is 0 Å². The fraction of sp³-hybridized carbons (Fsp3) is 0.0909. The van der Waals surface area contributed by atoms with Crippen LogP contribution in [0.5, 0.6) is 0 Å². The van der Waals surface area contributed by atoms with Crippen molar-refractivity contribution in [2.75, 3.05) is 0 Å². The number of hydrogen-bond donors (Lipinski definition) is 2. The molecule has 0 amide bonds. The number of H-pyrrole nitrogens is 1. The summed E-state index contributed by atoms with van der Waals surface area (Å²) in [7, 11) is 0. The summed E-state index contributed by atoms with van der Waals surface area (Å²) in [6.45, 7) is 1.25. The van der Waals surface area contributed by atoms with E-state index in [0.717, 1.165) is 0 Å². The van der Waals surface area contributed by atoms with Gasteiger partial charge in [0.15, 0.2) is 5.78 Å². The van der Waals surface area contributed by atoms with Crippen LogP contribution in [0.2, 0.25) is 0 Å². The van der Waals surface area contributed by atoms with Gasteiger partial charge in [-0.25, -0.2) is 9.18 Å². The summed E-state index contributed by atoms with van der Waals surface area (Å²) in [6, 6.07) is 4.15. The van der Waals surface area contributed by atoms with Crippen molar-refractivity contribution in [1.82, 2.24) is 4.98 Å². The van der Waals surface area contributed by atoms with Gasteiger partial charge in [0.2, 0.25) is 0 Å². The summed E-state index contributed by atoms with van der Waals surface area (Å²) in [6.07, 6.45) is 0. The number of halogens is 1. The van der Waals surface area contributed by atoms with Crippen molar-refractivity contribution in [3.8, 4) is 0 Å². The van der Waals surface area contributed by atoms with E-state index in [9.17, 15) is 14.0 Å². The fourth-order valence-corrected chi connectivity index (χ4v) is 1.71. The molecule has 2 rings (SSSR count). The molecule has 0 unspecified atom stereocenters. The number of Topliss-reactive ketones (excluding diaryl/α,β-unsaturated/α-hetero) is 1. The lowest BCUT2D eigenvalue weighted by Gasteiger charge is -1.94. The second-order valence-electron chi connectivity index (χ2n) is 3.40. The Balaban J connectivity index is 2.92. The molecule has 0 spiro atoms. The topological polar surface area (TPSA) is 70.2 Å². The molecule has 16 heavy (non-hydrogen) atoms.